The summed E-state index contributed by atoms with van der Waals surface area (Å²) in [6.45, 7) is 0. The van der Waals surface area contributed by atoms with Crippen molar-refractivity contribution in [3.8, 4) is 15.6 Å². The van der Waals surface area contributed by atoms with E-state index in [0.717, 1.165) is 11.3 Å². The Morgan fingerprint density at radius 1 is 0.941 bits per heavy atom. The molecule has 0 N–H and O–H groups in total. The van der Waals surface area contributed by atoms with Gasteiger partial charge in [0.25, 0.3) is 0 Å². The molecule has 0 radical (unpaired) electrons. The SMILES string of the molecule is COc1ccccc1[I+]C#Cc1ccccc1. The van der Waals surface area contributed by atoms with Gasteiger partial charge in [-0.2, -0.15) is 0 Å². The van der Waals surface area contributed by atoms with Crippen molar-refractivity contribution in [2.45, 2.75) is 0 Å². The Hall–Kier alpha value is -1.47. The second kappa shape index (κ2) is 6.31. The van der Waals surface area contributed by atoms with E-state index >= 15 is 0 Å². The van der Waals surface area contributed by atoms with E-state index in [1.54, 1.807) is 7.11 Å². The van der Waals surface area contributed by atoms with Crippen molar-refractivity contribution in [3.63, 3.8) is 0 Å². The Kier molecular flexibility index (Phi) is 4.45. The number of hydrogen-bond acceptors (Lipinski definition) is 1. The van der Waals surface area contributed by atoms with Crippen LogP contribution in [0.25, 0.3) is 0 Å². The van der Waals surface area contributed by atoms with Crippen molar-refractivity contribution < 1.29 is 25.9 Å². The average molecular weight is 335 g/mol. The maximum atomic E-state index is 5.31. The molecule has 0 bridgehead atoms. The Morgan fingerprint density at radius 2 is 1.65 bits per heavy atom. The van der Waals surface area contributed by atoms with Gasteiger partial charge in [0.1, 0.15) is 0 Å². The summed E-state index contributed by atoms with van der Waals surface area (Å²) in [5.74, 6) is 4.13. The number of ether oxygens (including phenoxy) is 1. The topological polar surface area (TPSA) is 9.23 Å². The summed E-state index contributed by atoms with van der Waals surface area (Å²) in [6, 6.07) is 18.2. The fraction of sp³-hybridized carbons (Fsp3) is 0.0667. The molecule has 0 aliphatic carbocycles. The van der Waals surface area contributed by atoms with Crippen LogP contribution in [-0.4, -0.2) is 7.11 Å². The maximum absolute atomic E-state index is 5.31. The number of methoxy groups -OCH3 is 1. The van der Waals surface area contributed by atoms with Crippen LogP contribution in [0.5, 0.6) is 5.75 Å². The van der Waals surface area contributed by atoms with Crippen molar-refractivity contribution in [1.29, 1.82) is 0 Å². The van der Waals surface area contributed by atoms with E-state index < -0.39 is 0 Å². The normalized spacial score (nSPS) is 9.24. The number of rotatable bonds is 2. The van der Waals surface area contributed by atoms with Crippen molar-refractivity contribution in [1.82, 2.24) is 0 Å². The lowest BCUT2D eigenvalue weighted by molar-refractivity contribution is -0.536. The first-order chi connectivity index (χ1) is 8.40. The van der Waals surface area contributed by atoms with Gasteiger partial charge in [-0.1, -0.05) is 30.3 Å². The smallest absolute Gasteiger partial charge is 0.424 e. The van der Waals surface area contributed by atoms with Crippen LogP contribution in [0.3, 0.4) is 0 Å². The largest absolute Gasteiger partial charge is 0.492 e. The van der Waals surface area contributed by atoms with Gasteiger partial charge in [0.05, 0.1) is 7.11 Å². The Bertz CT molecular complexity index is 538. The summed E-state index contributed by atoms with van der Waals surface area (Å²) in [5, 5.41) is 0. The predicted molar refractivity (Wildman–Crippen MR) is 65.0 cm³/mol. The third-order valence-corrected chi connectivity index (χ3v) is 4.18. The molecule has 0 aromatic heterocycles. The highest BCUT2D eigenvalue weighted by Crippen LogP contribution is 2.06. The highest BCUT2D eigenvalue weighted by molar-refractivity contribution is 5.32. The molecule has 0 saturated carbocycles. The van der Waals surface area contributed by atoms with Gasteiger partial charge in [-0.25, -0.2) is 0 Å². The van der Waals surface area contributed by atoms with E-state index in [9.17, 15) is 0 Å². The highest BCUT2D eigenvalue weighted by Gasteiger charge is 2.14. The van der Waals surface area contributed by atoms with E-state index in [4.69, 9.17) is 4.74 Å². The first-order valence-corrected chi connectivity index (χ1v) is 7.39. The van der Waals surface area contributed by atoms with Gasteiger partial charge >= 0.3 is 21.2 Å². The summed E-state index contributed by atoms with van der Waals surface area (Å²) >= 11 is -0.313. The number of hydrogen-bond donors (Lipinski definition) is 0. The number of benzene rings is 2. The number of para-hydroxylation sites is 1. The van der Waals surface area contributed by atoms with Gasteiger partial charge in [0, 0.05) is 5.56 Å². The van der Waals surface area contributed by atoms with Crippen molar-refractivity contribution in [2.75, 3.05) is 7.11 Å². The van der Waals surface area contributed by atoms with E-state index in [1.165, 1.54) is 3.57 Å². The van der Waals surface area contributed by atoms with Crippen LogP contribution in [0.15, 0.2) is 54.6 Å². The first-order valence-electron chi connectivity index (χ1n) is 5.23. The van der Waals surface area contributed by atoms with Gasteiger partial charge in [-0.05, 0) is 30.2 Å². The van der Waals surface area contributed by atoms with Crippen LogP contribution in [0, 0.1) is 13.4 Å². The molecule has 17 heavy (non-hydrogen) atoms. The van der Waals surface area contributed by atoms with Gasteiger partial charge < -0.3 is 4.74 Å². The summed E-state index contributed by atoms with van der Waals surface area (Å²) in [4.78, 5) is 0. The van der Waals surface area contributed by atoms with Crippen LogP contribution >= 0.6 is 0 Å². The van der Waals surface area contributed by atoms with Crippen LogP contribution in [0.1, 0.15) is 5.56 Å². The third kappa shape index (κ3) is 3.50. The minimum atomic E-state index is -0.313. The summed E-state index contributed by atoms with van der Waals surface area (Å²) in [7, 11) is 1.70. The highest BCUT2D eigenvalue weighted by atomic mass is 127. The van der Waals surface area contributed by atoms with Crippen LogP contribution in [-0.2, 0) is 0 Å². The zero-order chi connectivity index (χ0) is 11.9. The fourth-order valence-electron chi connectivity index (χ4n) is 1.34. The second-order valence-corrected chi connectivity index (χ2v) is 5.56. The van der Waals surface area contributed by atoms with Crippen molar-refractivity contribution >= 4 is 0 Å². The molecule has 0 heterocycles. The van der Waals surface area contributed by atoms with Crippen LogP contribution in [0.2, 0.25) is 0 Å². The molecule has 0 aliphatic heterocycles. The molecule has 0 amide bonds. The van der Waals surface area contributed by atoms with Gasteiger partial charge in [0.15, 0.2) is 9.68 Å². The van der Waals surface area contributed by atoms with E-state index in [2.05, 4.69) is 15.9 Å². The molecule has 2 heteroatoms. The van der Waals surface area contributed by atoms with Crippen molar-refractivity contribution in [2.24, 2.45) is 0 Å². The molecule has 0 unspecified atom stereocenters. The lowest BCUT2D eigenvalue weighted by Crippen LogP contribution is -3.59. The summed E-state index contributed by atoms with van der Waals surface area (Å²) < 4.78 is 9.81. The van der Waals surface area contributed by atoms with Gasteiger partial charge in [-0.15, -0.1) is 0 Å². The lowest BCUT2D eigenvalue weighted by atomic mass is 10.2. The van der Waals surface area contributed by atoms with E-state index in [1.807, 2.05) is 48.5 Å². The molecule has 2 aromatic carbocycles. The molecule has 0 saturated heterocycles. The summed E-state index contributed by atoms with van der Waals surface area (Å²) in [6.07, 6.45) is 0. The minimum absolute atomic E-state index is 0.313. The average Bonchev–Trinajstić information content (AvgIpc) is 2.40. The Labute approximate surface area is 112 Å². The Morgan fingerprint density at radius 3 is 2.41 bits per heavy atom. The van der Waals surface area contributed by atoms with Crippen LogP contribution < -0.4 is 25.9 Å². The fourth-order valence-corrected chi connectivity index (χ4v) is 3.13. The summed E-state index contributed by atoms with van der Waals surface area (Å²) in [5.41, 5.74) is 1.07. The number of halogens is 1. The third-order valence-electron chi connectivity index (χ3n) is 2.17. The standard InChI is InChI=1S/C15H12IO/c1-17-15-10-6-5-9-14(15)16-12-11-13-7-3-2-4-8-13/h2-10H,1H3/q+1. The lowest BCUT2D eigenvalue weighted by Gasteiger charge is -1.95. The quantitative estimate of drug-likeness (QED) is 0.553. The zero-order valence-corrected chi connectivity index (χ0v) is 11.6. The molecule has 1 nitrogen and oxygen atoms in total. The van der Waals surface area contributed by atoms with E-state index in [-0.39, 0.29) is 21.2 Å². The van der Waals surface area contributed by atoms with Gasteiger partial charge in [0.2, 0.25) is 3.57 Å². The van der Waals surface area contributed by atoms with Crippen molar-refractivity contribution in [3.05, 3.63) is 63.7 Å². The zero-order valence-electron chi connectivity index (χ0n) is 9.48. The molecule has 84 valence electrons. The maximum Gasteiger partial charge on any atom is 0.424 e. The Balaban J connectivity index is 2.10. The minimum Gasteiger partial charge on any atom is -0.492 e. The monoisotopic (exact) mass is 335 g/mol. The molecular weight excluding hydrogens is 323 g/mol. The molecular formula is C15H12IO+. The second-order valence-electron chi connectivity index (χ2n) is 3.31. The molecule has 2 aromatic rings. The molecule has 0 spiro atoms. The predicted octanol–water partition coefficient (Wildman–Crippen LogP) is -0.0370. The molecule has 2 rings (SSSR count). The molecule has 0 atom stereocenters. The van der Waals surface area contributed by atoms with Crippen LogP contribution in [0.4, 0.5) is 0 Å². The van der Waals surface area contributed by atoms with Gasteiger partial charge in [-0.3, -0.25) is 0 Å². The van der Waals surface area contributed by atoms with E-state index in [0.29, 0.717) is 0 Å². The molecule has 0 fully saturated rings. The first kappa shape index (κ1) is 12.0. The molecule has 0 aliphatic rings.